The third-order valence-corrected chi connectivity index (χ3v) is 7.31. The maximum Gasteiger partial charge on any atom is 0.0491 e. The first-order valence-electron chi connectivity index (χ1n) is 13.5. The molecule has 0 aliphatic heterocycles. The Morgan fingerprint density at radius 2 is 0.914 bits per heavy atom. The number of fused-ring (bicyclic) bond motifs is 3. The lowest BCUT2D eigenvalue weighted by Crippen LogP contribution is -1.98. The van der Waals surface area contributed by atoms with Gasteiger partial charge in [0.15, 0.2) is 0 Å². The summed E-state index contributed by atoms with van der Waals surface area (Å²) in [6.45, 7) is 3.38. The minimum absolute atomic E-state index is 1.09. The van der Waals surface area contributed by atoms with Crippen LogP contribution in [0, 0.1) is 0 Å². The molecule has 4 aromatic carbocycles. The first-order valence-corrected chi connectivity index (χ1v) is 13.5. The fraction of sp³-hybridized carbons (Fsp3) is 0.294. The average Bonchev–Trinajstić information content (AvgIpc) is 3.23. The molecule has 35 heavy (non-hydrogen) atoms. The minimum Gasteiger partial charge on any atom is -0.340 e. The summed E-state index contributed by atoms with van der Waals surface area (Å²) < 4.78 is 2.56. The highest BCUT2D eigenvalue weighted by Crippen LogP contribution is 2.35. The van der Waals surface area contributed by atoms with Crippen LogP contribution in [0.4, 0.5) is 0 Å². The summed E-state index contributed by atoms with van der Waals surface area (Å²) in [6, 6.07) is 35.5. The second-order valence-electron chi connectivity index (χ2n) is 9.82. The molecule has 0 saturated heterocycles. The Labute approximate surface area is 210 Å². The standard InChI is InChI=1S/C34H37N/c1-2-3-4-5-6-7-8-15-24-35-33-22-20-29(27-16-11-9-12-17-27)25-31(33)32-26-30(21-23-34(32)35)28-18-13-10-14-19-28/h9-14,16-23,25-26H,2-8,15,24H2,1H3. The summed E-state index contributed by atoms with van der Waals surface area (Å²) in [7, 11) is 0. The molecule has 0 saturated carbocycles. The first kappa shape index (κ1) is 23.4. The van der Waals surface area contributed by atoms with Crippen molar-refractivity contribution in [2.75, 3.05) is 0 Å². The van der Waals surface area contributed by atoms with Crippen LogP contribution in [0.5, 0.6) is 0 Å². The molecule has 0 N–H and O–H groups in total. The van der Waals surface area contributed by atoms with Gasteiger partial charge in [-0.3, -0.25) is 0 Å². The van der Waals surface area contributed by atoms with Gasteiger partial charge in [-0.05, 0) is 52.9 Å². The number of aromatic nitrogens is 1. The van der Waals surface area contributed by atoms with Crippen molar-refractivity contribution in [3.05, 3.63) is 97.1 Å². The largest absolute Gasteiger partial charge is 0.340 e. The minimum atomic E-state index is 1.09. The van der Waals surface area contributed by atoms with Gasteiger partial charge < -0.3 is 4.57 Å². The van der Waals surface area contributed by atoms with Crippen molar-refractivity contribution in [3.8, 4) is 22.3 Å². The summed E-state index contributed by atoms with van der Waals surface area (Å²) in [5, 5.41) is 2.72. The van der Waals surface area contributed by atoms with Gasteiger partial charge in [0.25, 0.3) is 0 Å². The van der Waals surface area contributed by atoms with E-state index in [1.165, 1.54) is 95.4 Å². The van der Waals surface area contributed by atoms with Crippen LogP contribution in [0.25, 0.3) is 44.1 Å². The maximum absolute atomic E-state index is 2.56. The smallest absolute Gasteiger partial charge is 0.0491 e. The molecule has 0 radical (unpaired) electrons. The zero-order valence-electron chi connectivity index (χ0n) is 21.0. The maximum atomic E-state index is 2.56. The van der Waals surface area contributed by atoms with Crippen LogP contribution in [-0.4, -0.2) is 4.57 Å². The highest BCUT2D eigenvalue weighted by Gasteiger charge is 2.13. The van der Waals surface area contributed by atoms with Gasteiger partial charge in [-0.2, -0.15) is 0 Å². The summed E-state index contributed by atoms with van der Waals surface area (Å²) in [6.07, 6.45) is 10.8. The van der Waals surface area contributed by atoms with Gasteiger partial charge in [0.05, 0.1) is 0 Å². The Balaban J connectivity index is 1.47. The van der Waals surface area contributed by atoms with Crippen molar-refractivity contribution in [2.45, 2.75) is 64.8 Å². The molecule has 0 bridgehead atoms. The topological polar surface area (TPSA) is 4.93 Å². The van der Waals surface area contributed by atoms with Gasteiger partial charge >= 0.3 is 0 Å². The van der Waals surface area contributed by atoms with Crippen LogP contribution < -0.4 is 0 Å². The number of aryl methyl sites for hydroxylation is 1. The second-order valence-corrected chi connectivity index (χ2v) is 9.82. The van der Waals surface area contributed by atoms with Crippen LogP contribution in [0.2, 0.25) is 0 Å². The molecule has 0 spiro atoms. The predicted molar refractivity (Wildman–Crippen MR) is 153 cm³/mol. The van der Waals surface area contributed by atoms with Crippen LogP contribution in [0.3, 0.4) is 0 Å². The summed E-state index contributed by atoms with van der Waals surface area (Å²) in [4.78, 5) is 0. The summed E-state index contributed by atoms with van der Waals surface area (Å²) >= 11 is 0. The second kappa shape index (κ2) is 11.4. The Morgan fingerprint density at radius 3 is 1.40 bits per heavy atom. The number of nitrogens with zero attached hydrogens (tertiary/aromatic N) is 1. The van der Waals surface area contributed by atoms with Gasteiger partial charge in [0, 0.05) is 28.4 Å². The van der Waals surface area contributed by atoms with Gasteiger partial charge in [-0.25, -0.2) is 0 Å². The van der Waals surface area contributed by atoms with Crippen molar-refractivity contribution in [3.63, 3.8) is 0 Å². The van der Waals surface area contributed by atoms with Gasteiger partial charge in [-0.1, -0.05) is 125 Å². The van der Waals surface area contributed by atoms with E-state index < -0.39 is 0 Å². The van der Waals surface area contributed by atoms with Crippen LogP contribution in [-0.2, 0) is 6.54 Å². The van der Waals surface area contributed by atoms with Crippen molar-refractivity contribution in [1.29, 1.82) is 0 Å². The average molecular weight is 460 g/mol. The Hall–Kier alpha value is -3.32. The number of hydrogen-bond donors (Lipinski definition) is 0. The predicted octanol–water partition coefficient (Wildman–Crippen LogP) is 10.3. The van der Waals surface area contributed by atoms with E-state index in [0.717, 1.165) is 6.54 Å². The molecular weight excluding hydrogens is 422 g/mol. The Bertz CT molecular complexity index is 1270. The van der Waals surface area contributed by atoms with Crippen LogP contribution in [0.1, 0.15) is 58.3 Å². The zero-order valence-corrected chi connectivity index (χ0v) is 21.0. The van der Waals surface area contributed by atoms with E-state index in [9.17, 15) is 0 Å². The molecule has 5 aromatic rings. The fourth-order valence-electron chi connectivity index (χ4n) is 5.37. The molecule has 1 nitrogen and oxygen atoms in total. The van der Waals surface area contributed by atoms with E-state index in [1.807, 2.05) is 0 Å². The molecule has 0 aliphatic carbocycles. The molecule has 0 fully saturated rings. The monoisotopic (exact) mass is 459 g/mol. The third-order valence-electron chi connectivity index (χ3n) is 7.31. The van der Waals surface area contributed by atoms with E-state index in [2.05, 4.69) is 109 Å². The van der Waals surface area contributed by atoms with Crippen molar-refractivity contribution in [2.24, 2.45) is 0 Å². The van der Waals surface area contributed by atoms with Gasteiger partial charge in [0.2, 0.25) is 0 Å². The van der Waals surface area contributed by atoms with Gasteiger partial charge in [0.1, 0.15) is 0 Å². The molecule has 1 aromatic heterocycles. The lowest BCUT2D eigenvalue weighted by molar-refractivity contribution is 0.553. The molecule has 1 heteroatoms. The third kappa shape index (κ3) is 5.35. The number of rotatable bonds is 11. The lowest BCUT2D eigenvalue weighted by atomic mass is 10.0. The molecule has 0 unspecified atom stereocenters. The lowest BCUT2D eigenvalue weighted by Gasteiger charge is -2.09. The first-order chi connectivity index (χ1) is 17.3. The molecular formula is C34H37N. The SMILES string of the molecule is CCCCCCCCCCn1c2ccc(-c3ccccc3)cc2c2cc(-c3ccccc3)ccc21. The molecule has 178 valence electrons. The molecule has 0 atom stereocenters. The van der Waals surface area contributed by atoms with Crippen LogP contribution >= 0.6 is 0 Å². The zero-order chi connectivity index (χ0) is 23.9. The Morgan fingerprint density at radius 1 is 0.457 bits per heavy atom. The van der Waals surface area contributed by atoms with Crippen molar-refractivity contribution in [1.82, 2.24) is 4.57 Å². The highest BCUT2D eigenvalue weighted by molar-refractivity contribution is 6.10. The normalized spacial score (nSPS) is 11.5. The van der Waals surface area contributed by atoms with Crippen molar-refractivity contribution >= 4 is 21.8 Å². The molecule has 1 heterocycles. The van der Waals surface area contributed by atoms with E-state index in [4.69, 9.17) is 0 Å². The fourth-order valence-corrected chi connectivity index (χ4v) is 5.37. The summed E-state index contributed by atoms with van der Waals surface area (Å²) in [5.41, 5.74) is 7.83. The van der Waals surface area contributed by atoms with E-state index in [0.29, 0.717) is 0 Å². The van der Waals surface area contributed by atoms with Crippen LogP contribution in [0.15, 0.2) is 97.1 Å². The van der Waals surface area contributed by atoms with Gasteiger partial charge in [-0.15, -0.1) is 0 Å². The molecule has 0 aliphatic rings. The number of hydrogen-bond acceptors (Lipinski definition) is 0. The van der Waals surface area contributed by atoms with E-state index in [1.54, 1.807) is 0 Å². The van der Waals surface area contributed by atoms with E-state index >= 15 is 0 Å². The number of benzene rings is 4. The van der Waals surface area contributed by atoms with E-state index in [-0.39, 0.29) is 0 Å². The highest BCUT2D eigenvalue weighted by atomic mass is 15.0. The van der Waals surface area contributed by atoms with Crippen molar-refractivity contribution < 1.29 is 0 Å². The molecule has 0 amide bonds. The molecule has 5 rings (SSSR count). The summed E-state index contributed by atoms with van der Waals surface area (Å²) in [5.74, 6) is 0. The number of unbranched alkanes of at least 4 members (excludes halogenated alkanes) is 7. The Kier molecular flexibility index (Phi) is 7.63. The quantitative estimate of drug-likeness (QED) is 0.173.